The fourth-order valence-corrected chi connectivity index (χ4v) is 3.64. The number of hydrogen-bond acceptors (Lipinski definition) is 5. The third-order valence-electron chi connectivity index (χ3n) is 5.48. The van der Waals surface area contributed by atoms with Gasteiger partial charge in [0, 0.05) is 6.54 Å². The molecule has 1 fully saturated rings. The van der Waals surface area contributed by atoms with Gasteiger partial charge in [-0.15, -0.1) is 0 Å². The van der Waals surface area contributed by atoms with E-state index in [0.717, 1.165) is 36.8 Å². The van der Waals surface area contributed by atoms with E-state index in [1.807, 2.05) is 42.5 Å². The standard InChI is InChI=1S/C25H29N3O4/c26-23(27)15-10-18-8-13-22(14-9-18)32-24(29)21-11-6-19(7-12-21)16-28-25(30)31-17-20-4-2-1-3-5-20/h1-5,8-10,13-15,19,21H,6-7,11-12,16-17H2,(H3,26,27)(H,28,30). The summed E-state index contributed by atoms with van der Waals surface area (Å²) < 4.78 is 10.8. The number of carbonyl (C=O) groups is 2. The van der Waals surface area contributed by atoms with Gasteiger partial charge in [0.05, 0.1) is 5.92 Å². The van der Waals surface area contributed by atoms with E-state index < -0.39 is 6.09 Å². The summed E-state index contributed by atoms with van der Waals surface area (Å²) in [6.45, 7) is 0.796. The normalized spacial score (nSPS) is 18.1. The Morgan fingerprint density at radius 1 is 1.03 bits per heavy atom. The van der Waals surface area contributed by atoms with Gasteiger partial charge in [-0.25, -0.2) is 4.79 Å². The summed E-state index contributed by atoms with van der Waals surface area (Å²) in [7, 11) is 0. The quantitative estimate of drug-likeness (QED) is 0.248. The van der Waals surface area contributed by atoms with Crippen LogP contribution in [0.4, 0.5) is 4.79 Å². The third kappa shape index (κ3) is 7.58. The minimum Gasteiger partial charge on any atom is -0.445 e. The predicted octanol–water partition coefficient (Wildman–Crippen LogP) is 4.27. The monoisotopic (exact) mass is 435 g/mol. The summed E-state index contributed by atoms with van der Waals surface area (Å²) in [5.41, 5.74) is 7.12. The smallest absolute Gasteiger partial charge is 0.407 e. The van der Waals surface area contributed by atoms with E-state index in [4.69, 9.17) is 20.6 Å². The first-order chi connectivity index (χ1) is 15.5. The van der Waals surface area contributed by atoms with Crippen molar-refractivity contribution in [2.75, 3.05) is 6.54 Å². The molecule has 0 aromatic heterocycles. The van der Waals surface area contributed by atoms with Crippen LogP contribution in [0.15, 0.2) is 60.7 Å². The van der Waals surface area contributed by atoms with Gasteiger partial charge >= 0.3 is 12.1 Å². The first kappa shape index (κ1) is 23.1. The number of rotatable bonds is 8. The van der Waals surface area contributed by atoms with Crippen molar-refractivity contribution in [1.29, 1.82) is 5.41 Å². The topological polar surface area (TPSA) is 115 Å². The van der Waals surface area contributed by atoms with Crippen LogP contribution >= 0.6 is 0 Å². The molecule has 0 radical (unpaired) electrons. The summed E-state index contributed by atoms with van der Waals surface area (Å²) in [5.74, 6) is 0.463. The Labute approximate surface area is 188 Å². The minimum absolute atomic E-state index is 0.0182. The highest BCUT2D eigenvalue weighted by molar-refractivity contribution is 5.92. The fraction of sp³-hybridized carbons (Fsp3) is 0.320. The van der Waals surface area contributed by atoms with Gasteiger partial charge in [-0.3, -0.25) is 10.2 Å². The van der Waals surface area contributed by atoms with E-state index >= 15 is 0 Å². The molecule has 0 aliphatic heterocycles. The molecular weight excluding hydrogens is 406 g/mol. The second-order valence-corrected chi connectivity index (χ2v) is 7.94. The molecule has 0 heterocycles. The maximum absolute atomic E-state index is 12.5. The Balaban J connectivity index is 1.35. The Morgan fingerprint density at radius 2 is 1.72 bits per heavy atom. The van der Waals surface area contributed by atoms with Gasteiger partial charge in [0.15, 0.2) is 0 Å². The van der Waals surface area contributed by atoms with Gasteiger partial charge < -0.3 is 20.5 Å². The molecule has 1 aliphatic rings. The summed E-state index contributed by atoms with van der Waals surface area (Å²) in [4.78, 5) is 24.4. The molecule has 0 bridgehead atoms. The first-order valence-electron chi connectivity index (χ1n) is 10.8. The van der Waals surface area contributed by atoms with Crippen LogP contribution < -0.4 is 15.8 Å². The lowest BCUT2D eigenvalue weighted by atomic mass is 9.82. The average Bonchev–Trinajstić information content (AvgIpc) is 2.82. The second-order valence-electron chi connectivity index (χ2n) is 7.94. The van der Waals surface area contributed by atoms with E-state index in [1.54, 1.807) is 18.2 Å². The number of ether oxygens (including phenoxy) is 2. The van der Waals surface area contributed by atoms with Crippen molar-refractivity contribution in [3.63, 3.8) is 0 Å². The maximum Gasteiger partial charge on any atom is 0.407 e. The van der Waals surface area contributed by atoms with Gasteiger partial charge in [0.1, 0.15) is 18.2 Å². The van der Waals surface area contributed by atoms with Crippen molar-refractivity contribution >= 4 is 24.0 Å². The third-order valence-corrected chi connectivity index (χ3v) is 5.48. The molecule has 0 atom stereocenters. The van der Waals surface area contributed by atoms with Gasteiger partial charge in [0.2, 0.25) is 0 Å². The van der Waals surface area contributed by atoms with E-state index in [-0.39, 0.29) is 24.3 Å². The van der Waals surface area contributed by atoms with E-state index in [9.17, 15) is 9.59 Å². The van der Waals surface area contributed by atoms with Crippen molar-refractivity contribution in [3.8, 4) is 5.75 Å². The Bertz CT molecular complexity index is 933. The highest BCUT2D eigenvalue weighted by Gasteiger charge is 2.28. The number of esters is 1. The summed E-state index contributed by atoms with van der Waals surface area (Å²) in [5, 5.41) is 10.0. The van der Waals surface area contributed by atoms with Crippen LogP contribution in [0.3, 0.4) is 0 Å². The number of alkyl carbamates (subject to hydrolysis) is 1. The second kappa shape index (κ2) is 11.7. The first-order valence-corrected chi connectivity index (χ1v) is 10.8. The molecule has 1 amide bonds. The fourth-order valence-electron chi connectivity index (χ4n) is 3.64. The molecule has 3 rings (SSSR count). The van der Waals surface area contributed by atoms with Crippen LogP contribution in [-0.2, 0) is 16.1 Å². The van der Waals surface area contributed by atoms with Crippen LogP contribution in [-0.4, -0.2) is 24.4 Å². The lowest BCUT2D eigenvalue weighted by molar-refractivity contribution is -0.140. The number of nitrogens with two attached hydrogens (primary N) is 1. The molecule has 2 aromatic rings. The molecule has 0 spiro atoms. The van der Waals surface area contributed by atoms with Gasteiger partial charge in [-0.05, 0) is 60.9 Å². The van der Waals surface area contributed by atoms with E-state index in [0.29, 0.717) is 18.2 Å². The van der Waals surface area contributed by atoms with Crippen molar-refractivity contribution in [2.24, 2.45) is 17.6 Å². The zero-order valence-electron chi connectivity index (χ0n) is 18.0. The van der Waals surface area contributed by atoms with Gasteiger partial charge in [0.25, 0.3) is 0 Å². The average molecular weight is 436 g/mol. The van der Waals surface area contributed by atoms with Crippen LogP contribution in [0, 0.1) is 17.2 Å². The van der Waals surface area contributed by atoms with Crippen molar-refractivity contribution in [1.82, 2.24) is 5.32 Å². The minimum atomic E-state index is -0.419. The molecule has 168 valence electrons. The zero-order chi connectivity index (χ0) is 22.8. The van der Waals surface area contributed by atoms with E-state index in [1.165, 1.54) is 6.08 Å². The van der Waals surface area contributed by atoms with Gasteiger partial charge in [-0.1, -0.05) is 48.5 Å². The molecule has 1 saturated carbocycles. The molecular formula is C25H29N3O4. The highest BCUT2D eigenvalue weighted by Crippen LogP contribution is 2.30. The number of hydrogen-bond donors (Lipinski definition) is 3. The number of benzene rings is 2. The van der Waals surface area contributed by atoms with Crippen molar-refractivity contribution < 1.29 is 19.1 Å². The zero-order valence-corrected chi connectivity index (χ0v) is 18.0. The summed E-state index contributed by atoms with van der Waals surface area (Å²) in [6, 6.07) is 16.6. The molecule has 4 N–H and O–H groups in total. The molecule has 7 nitrogen and oxygen atoms in total. The lowest BCUT2D eigenvalue weighted by Crippen LogP contribution is -2.33. The lowest BCUT2D eigenvalue weighted by Gasteiger charge is -2.27. The molecule has 1 aliphatic carbocycles. The Hall–Kier alpha value is -3.61. The Kier molecular flexibility index (Phi) is 8.43. The van der Waals surface area contributed by atoms with Gasteiger partial charge in [-0.2, -0.15) is 0 Å². The molecule has 32 heavy (non-hydrogen) atoms. The van der Waals surface area contributed by atoms with E-state index in [2.05, 4.69) is 5.32 Å². The van der Waals surface area contributed by atoms with Crippen molar-refractivity contribution in [2.45, 2.75) is 32.3 Å². The summed E-state index contributed by atoms with van der Waals surface area (Å²) in [6.07, 6.45) is 5.99. The number of amides is 1. The number of carbonyl (C=O) groups excluding carboxylic acids is 2. The highest BCUT2D eigenvalue weighted by atomic mass is 16.5. The molecule has 0 unspecified atom stereocenters. The number of nitrogens with one attached hydrogen (secondary N) is 2. The molecule has 0 saturated heterocycles. The molecule has 2 aromatic carbocycles. The van der Waals surface area contributed by atoms with Crippen LogP contribution in [0.1, 0.15) is 36.8 Å². The maximum atomic E-state index is 12.5. The molecule has 7 heteroatoms. The largest absolute Gasteiger partial charge is 0.445 e. The van der Waals surface area contributed by atoms with Crippen LogP contribution in [0.5, 0.6) is 5.75 Å². The predicted molar refractivity (Wildman–Crippen MR) is 123 cm³/mol. The van der Waals surface area contributed by atoms with Crippen LogP contribution in [0.2, 0.25) is 0 Å². The summed E-state index contributed by atoms with van der Waals surface area (Å²) >= 11 is 0. The van der Waals surface area contributed by atoms with Crippen LogP contribution in [0.25, 0.3) is 6.08 Å². The number of amidine groups is 1. The SMILES string of the molecule is N=C(N)C=Cc1ccc(OC(=O)C2CCC(CNC(=O)OCc3ccccc3)CC2)cc1. The van der Waals surface area contributed by atoms with Crippen molar-refractivity contribution in [3.05, 3.63) is 71.8 Å². The Morgan fingerprint density at radius 3 is 2.38 bits per heavy atom.